The molecule has 7 amide bonds. The van der Waals surface area contributed by atoms with E-state index in [0.717, 1.165) is 66.7 Å². The quantitative estimate of drug-likeness (QED) is 0.0970. The Labute approximate surface area is 541 Å². The van der Waals surface area contributed by atoms with E-state index in [1.807, 2.05) is 0 Å². The molecular formula is C64H57Cl2N9O19. The zero-order chi connectivity index (χ0) is 67.1. The highest BCUT2D eigenvalue weighted by molar-refractivity contribution is 6.32. The molecule has 486 valence electrons. The zero-order valence-electron chi connectivity index (χ0n) is 48.7. The van der Waals surface area contributed by atoms with Gasteiger partial charge in [0, 0.05) is 35.2 Å². The highest BCUT2D eigenvalue weighted by atomic mass is 35.5. The van der Waals surface area contributed by atoms with Crippen molar-refractivity contribution in [1.29, 1.82) is 0 Å². The number of amides is 7. The normalized spacial score (nSPS) is 21.3. The van der Waals surface area contributed by atoms with Gasteiger partial charge in [0.05, 0.1) is 16.1 Å². The maximum atomic E-state index is 15.8. The van der Waals surface area contributed by atoms with Crippen molar-refractivity contribution < 1.29 is 93.4 Å². The number of nitrogens with one attached hydrogen (secondary N) is 7. The Morgan fingerprint density at radius 1 is 0.553 bits per heavy atom. The Bertz CT molecular complexity index is 4310. The van der Waals surface area contributed by atoms with Gasteiger partial charge in [0.2, 0.25) is 47.1 Å². The van der Waals surface area contributed by atoms with E-state index < -0.39 is 171 Å². The molecule has 0 fully saturated rings. The first-order valence-electron chi connectivity index (χ1n) is 28.9. The third-order valence-corrected chi connectivity index (χ3v) is 16.6. The summed E-state index contributed by atoms with van der Waals surface area (Å²) in [5, 5.41) is 108. The monoisotopic (exact) mass is 1330 g/mol. The number of fused-ring (bicyclic) bond motifs is 14. The number of aliphatic carboxylic acids is 1. The number of phenols is 6. The number of hydrogen-bond acceptors (Lipinski definition) is 20. The molecule has 0 aliphatic carbocycles. The molecule has 30 heteroatoms. The molecule has 0 saturated carbocycles. The van der Waals surface area contributed by atoms with Crippen LogP contribution in [0, 0.1) is 0 Å². The molecule has 28 nitrogen and oxygen atoms in total. The minimum Gasteiger partial charge on any atom is -0.508 e. The van der Waals surface area contributed by atoms with E-state index in [9.17, 15) is 60.0 Å². The number of ether oxygens (including phenoxy) is 3. The molecule has 6 aliphatic heterocycles. The van der Waals surface area contributed by atoms with Crippen molar-refractivity contribution in [2.24, 2.45) is 11.5 Å². The van der Waals surface area contributed by atoms with Crippen molar-refractivity contribution in [2.75, 3.05) is 6.54 Å². The highest BCUT2D eigenvalue weighted by Gasteiger charge is 2.42. The molecule has 7 aromatic carbocycles. The van der Waals surface area contributed by atoms with Crippen LogP contribution in [0.25, 0.3) is 11.1 Å². The summed E-state index contributed by atoms with van der Waals surface area (Å²) < 4.78 is 18.6. The van der Waals surface area contributed by atoms with Crippen LogP contribution in [-0.4, -0.2) is 113 Å². The van der Waals surface area contributed by atoms with Crippen molar-refractivity contribution in [1.82, 2.24) is 37.2 Å². The van der Waals surface area contributed by atoms with Crippen LogP contribution in [0.2, 0.25) is 10.0 Å². The van der Waals surface area contributed by atoms with E-state index in [1.54, 1.807) is 0 Å². The second kappa shape index (κ2) is 26.3. The van der Waals surface area contributed by atoms with Crippen molar-refractivity contribution >= 4 is 70.5 Å². The lowest BCUT2D eigenvalue weighted by Crippen LogP contribution is -2.55. The Kier molecular flexibility index (Phi) is 18.0. The molecule has 13 rings (SSSR count). The number of nitrogens with two attached hydrogens (primary N) is 2. The van der Waals surface area contributed by atoms with E-state index >= 15 is 19.2 Å². The van der Waals surface area contributed by atoms with Crippen LogP contribution in [0.4, 0.5) is 0 Å². The first kappa shape index (κ1) is 64.5. The Balaban J connectivity index is 1.11. The fourth-order valence-corrected chi connectivity index (χ4v) is 11.7. The molecule has 0 spiro atoms. The van der Waals surface area contributed by atoms with Gasteiger partial charge in [0.25, 0.3) is 0 Å². The smallest absolute Gasteiger partial charge is 0.330 e. The van der Waals surface area contributed by atoms with Gasteiger partial charge in [-0.25, -0.2) is 4.79 Å². The van der Waals surface area contributed by atoms with Crippen LogP contribution >= 0.6 is 23.2 Å². The number of carboxylic acids is 1. The largest absolute Gasteiger partial charge is 0.508 e. The maximum Gasteiger partial charge on any atom is 0.330 e. The minimum atomic E-state index is -2.22. The van der Waals surface area contributed by atoms with Crippen molar-refractivity contribution in [3.05, 3.63) is 164 Å². The van der Waals surface area contributed by atoms with Gasteiger partial charge >= 0.3 is 5.97 Å². The lowest BCUT2D eigenvalue weighted by molar-refractivity contribution is -0.143. The number of hydrogen-bond donors (Lipinski definition) is 17. The topological polar surface area (TPSA) is 462 Å². The van der Waals surface area contributed by atoms with Gasteiger partial charge in [-0.05, 0) is 132 Å². The van der Waals surface area contributed by atoms with Crippen LogP contribution in [0.5, 0.6) is 69.0 Å². The van der Waals surface area contributed by atoms with Crippen LogP contribution in [0.3, 0.4) is 0 Å². The summed E-state index contributed by atoms with van der Waals surface area (Å²) in [6.07, 6.45) is -1.44. The number of carboxylic acid groups (broad SMARTS) is 1. The van der Waals surface area contributed by atoms with E-state index in [0.29, 0.717) is 19.4 Å². The number of aromatic hydroxyl groups is 6. The second-order valence-corrected chi connectivity index (χ2v) is 23.3. The summed E-state index contributed by atoms with van der Waals surface area (Å²) in [4.78, 5) is 119. The van der Waals surface area contributed by atoms with E-state index in [2.05, 4.69) is 37.2 Å². The first-order valence-corrected chi connectivity index (χ1v) is 29.6. The van der Waals surface area contributed by atoms with Gasteiger partial charge in [-0.1, -0.05) is 53.9 Å². The van der Waals surface area contributed by atoms with Crippen LogP contribution < -0.4 is 62.9 Å². The number of phenolic OH excluding ortho intramolecular Hbond substituents is 6. The second-order valence-electron chi connectivity index (χ2n) is 22.5. The molecule has 0 radical (unpaired) electrons. The minimum absolute atomic E-state index is 0.0107. The third-order valence-electron chi connectivity index (χ3n) is 16.0. The van der Waals surface area contributed by atoms with Crippen molar-refractivity contribution in [3.8, 4) is 80.1 Å². The molecule has 94 heavy (non-hydrogen) atoms. The number of carbonyl (C=O) groups is 8. The maximum absolute atomic E-state index is 15.8. The van der Waals surface area contributed by atoms with Gasteiger partial charge in [-0.3, -0.25) is 33.6 Å². The van der Waals surface area contributed by atoms with Gasteiger partial charge < -0.3 is 104 Å². The van der Waals surface area contributed by atoms with Crippen molar-refractivity contribution in [2.45, 2.75) is 80.1 Å². The number of benzene rings is 7. The molecule has 19 N–H and O–H groups in total. The Morgan fingerprint density at radius 3 is 1.82 bits per heavy atom. The Hall–Kier alpha value is -11.0. The summed E-state index contributed by atoms with van der Waals surface area (Å²) in [5.74, 6) is -16.5. The van der Waals surface area contributed by atoms with Crippen LogP contribution in [0.15, 0.2) is 115 Å². The van der Waals surface area contributed by atoms with E-state index in [1.165, 1.54) is 48.5 Å². The van der Waals surface area contributed by atoms with E-state index in [-0.39, 0.29) is 72.8 Å². The van der Waals surface area contributed by atoms with Gasteiger partial charge in [0.1, 0.15) is 82.6 Å². The predicted octanol–water partition coefficient (Wildman–Crippen LogP) is 4.60. The summed E-state index contributed by atoms with van der Waals surface area (Å²) in [6.45, 7) is 0.318. The van der Waals surface area contributed by atoms with Gasteiger partial charge in [-0.2, -0.15) is 0 Å². The lowest BCUT2D eigenvalue weighted by atomic mass is 9.89. The number of aliphatic hydroxyl groups is 1. The lowest BCUT2D eigenvalue weighted by Gasteiger charge is -2.31. The average molecular weight is 1330 g/mol. The SMILES string of the molecule is NCCCC[C@H](N)C(=O)N[C@@H]1C(=O)N[C@@H]2Cc3ccc(c(Cl)c3)Oc3cc4cc(c3O)Oc3ccc(cc3Cl)[C@@H](O)[C@@H]3NC(=O)[C@H](NC(=O)[C@@H]4NC(=O)[C@@H](NC2=O)c2cc(O)cc(c2)Oc2cc1ccc2O)c1ccc(O)c(c1)-c1c(O)cc(O)cc1[C@H](C(=O)O)NC3=O. The van der Waals surface area contributed by atoms with Gasteiger partial charge in [-0.15, -0.1) is 0 Å². The molecular weight excluding hydrogens is 1270 g/mol. The standard InChI is InChI=1S/C64H57Cl2N9O19/c65-36-13-25-4-10-43(36)93-46-20-30-21-47(56(46)82)94-44-11-7-28(18-37(44)66)55(81)54-63(89)74-53(64(90)91)35-23-32(77)24-42(80)48(35)34-17-26(5-8-40(34)78)49(60(86)75-54)72-62(88)52(30)73-61(87)51-29-15-31(76)22-33(16-29)92-45-19-27(6-9-41(45)79)50(59(85)69-39(14-25)58(84)71-51)70-57(83)38(68)3-1-2-12-67/h4-11,13,15-24,38-39,49-55,76-82H,1-3,12,14,67-68H2,(H,69,85)(H,70,83)(H,71,84)(H,72,88)(H,73,87)(H,74,89)(H,75,86)(H,90,91)/t38-,39+,49+,50-,51-,52+,53+,54-,55+/m0/s1. The number of halogens is 2. The molecule has 7 aromatic rings. The third kappa shape index (κ3) is 13.2. The van der Waals surface area contributed by atoms with E-state index in [4.69, 9.17) is 48.9 Å². The molecule has 6 heterocycles. The summed E-state index contributed by atoms with van der Waals surface area (Å²) in [6, 6.07) is 6.10. The summed E-state index contributed by atoms with van der Waals surface area (Å²) in [5.41, 5.74) is 9.61. The molecule has 0 saturated heterocycles. The number of unbranched alkanes of at least 4 members (excludes halogenated alkanes) is 1. The molecule has 17 bridgehead atoms. The van der Waals surface area contributed by atoms with Gasteiger partial charge in [0.15, 0.2) is 29.0 Å². The fraction of sp³-hybridized carbons (Fsp3) is 0.219. The highest BCUT2D eigenvalue weighted by Crippen LogP contribution is 2.48. The molecule has 0 aromatic heterocycles. The Morgan fingerprint density at radius 2 is 1.15 bits per heavy atom. The summed E-state index contributed by atoms with van der Waals surface area (Å²) >= 11 is 13.8. The number of rotatable bonds is 7. The van der Waals surface area contributed by atoms with Crippen LogP contribution in [0.1, 0.15) is 94.5 Å². The zero-order valence-corrected chi connectivity index (χ0v) is 50.2. The van der Waals surface area contributed by atoms with Crippen LogP contribution in [-0.2, 0) is 44.8 Å². The number of aliphatic hydroxyl groups excluding tert-OH is 1. The fourth-order valence-electron chi connectivity index (χ4n) is 11.2. The predicted molar refractivity (Wildman–Crippen MR) is 330 cm³/mol. The molecule has 0 unspecified atom stereocenters. The molecule has 6 aliphatic rings. The summed E-state index contributed by atoms with van der Waals surface area (Å²) in [7, 11) is 0. The first-order chi connectivity index (χ1) is 44.8. The number of carbonyl (C=O) groups excluding carboxylic acids is 7. The molecule has 9 atom stereocenters. The van der Waals surface area contributed by atoms with Crippen molar-refractivity contribution in [3.63, 3.8) is 0 Å². The average Bonchev–Trinajstić information content (AvgIpc) is 0.780.